The molecule has 0 aromatic heterocycles. The quantitative estimate of drug-likeness (QED) is 0.752. The summed E-state index contributed by atoms with van der Waals surface area (Å²) >= 11 is 0. The fourth-order valence-electron chi connectivity index (χ4n) is 1.96. The van der Waals surface area contributed by atoms with Crippen molar-refractivity contribution in [2.75, 3.05) is 13.1 Å². The Hall–Kier alpha value is -1.27. The first-order valence-electron chi connectivity index (χ1n) is 6.66. The topological polar surface area (TPSA) is 46.6 Å². The summed E-state index contributed by atoms with van der Waals surface area (Å²) in [5.41, 5.74) is -0.645. The zero-order valence-electron chi connectivity index (χ0n) is 11.9. The summed E-state index contributed by atoms with van der Waals surface area (Å²) in [5.74, 6) is -3.10. The minimum absolute atomic E-state index is 0.0271. The molecule has 0 aromatic rings. The van der Waals surface area contributed by atoms with Crippen LogP contribution in [0, 0.1) is 5.92 Å². The third kappa shape index (κ3) is 4.38. The molecule has 0 aromatic carbocycles. The van der Waals surface area contributed by atoms with Gasteiger partial charge in [0, 0.05) is 13.1 Å². The minimum Gasteiger partial charge on any atom is -0.459 e. The van der Waals surface area contributed by atoms with Crippen LogP contribution in [0.25, 0.3) is 0 Å². The van der Waals surface area contributed by atoms with Crippen molar-refractivity contribution in [1.29, 1.82) is 0 Å². The first kappa shape index (κ1) is 16.8. The SMILES string of the molecule is CCC(C)(C)OC(=O)[C@@H]1CCCN(C(=O)C(F)(F)F)C1. The first-order chi connectivity index (χ1) is 9.07. The molecule has 1 fully saturated rings. The van der Waals surface area contributed by atoms with E-state index in [0.717, 1.165) is 0 Å². The molecular weight excluding hydrogens is 275 g/mol. The number of hydrogen-bond acceptors (Lipinski definition) is 3. The normalized spacial score (nSPS) is 20.7. The Bertz CT molecular complexity index is 380. The largest absolute Gasteiger partial charge is 0.471 e. The fourth-order valence-corrected chi connectivity index (χ4v) is 1.96. The Morgan fingerprint density at radius 3 is 2.40 bits per heavy atom. The van der Waals surface area contributed by atoms with E-state index < -0.39 is 29.6 Å². The standard InChI is InChI=1S/C13H20F3NO3/c1-4-12(2,3)20-10(18)9-6-5-7-17(8-9)11(19)13(14,15)16/h9H,4-8H2,1-3H3/t9-/m1/s1. The van der Waals surface area contributed by atoms with E-state index in [1.165, 1.54) is 0 Å². The van der Waals surface area contributed by atoms with E-state index in [0.29, 0.717) is 24.2 Å². The molecule has 7 heteroatoms. The Kier molecular flexibility index (Phi) is 5.05. The Labute approximate surface area is 116 Å². The zero-order valence-corrected chi connectivity index (χ0v) is 11.9. The van der Waals surface area contributed by atoms with Gasteiger partial charge in [-0.2, -0.15) is 13.2 Å². The molecule has 1 saturated heterocycles. The molecule has 0 radical (unpaired) electrons. The molecule has 20 heavy (non-hydrogen) atoms. The lowest BCUT2D eigenvalue weighted by Crippen LogP contribution is -2.48. The van der Waals surface area contributed by atoms with Crippen molar-refractivity contribution in [2.45, 2.75) is 51.8 Å². The molecule has 0 N–H and O–H groups in total. The van der Waals surface area contributed by atoms with Crippen LogP contribution in [0.1, 0.15) is 40.0 Å². The van der Waals surface area contributed by atoms with Gasteiger partial charge < -0.3 is 9.64 Å². The van der Waals surface area contributed by atoms with Gasteiger partial charge in [0.1, 0.15) is 5.60 Å². The number of hydrogen-bond donors (Lipinski definition) is 0. The second-order valence-corrected chi connectivity index (χ2v) is 5.62. The predicted molar refractivity (Wildman–Crippen MR) is 65.8 cm³/mol. The van der Waals surface area contributed by atoms with Gasteiger partial charge in [0.05, 0.1) is 5.92 Å². The number of ether oxygens (including phenoxy) is 1. The van der Waals surface area contributed by atoms with Crippen molar-refractivity contribution in [3.63, 3.8) is 0 Å². The smallest absolute Gasteiger partial charge is 0.459 e. The van der Waals surface area contributed by atoms with E-state index in [1.807, 2.05) is 6.92 Å². The molecule has 0 bridgehead atoms. The predicted octanol–water partition coefficient (Wildman–Crippen LogP) is 2.52. The lowest BCUT2D eigenvalue weighted by Gasteiger charge is -2.34. The van der Waals surface area contributed by atoms with E-state index in [-0.39, 0.29) is 13.1 Å². The van der Waals surface area contributed by atoms with E-state index in [4.69, 9.17) is 4.74 Å². The number of esters is 1. The van der Waals surface area contributed by atoms with Crippen molar-refractivity contribution < 1.29 is 27.5 Å². The van der Waals surface area contributed by atoms with Gasteiger partial charge in [-0.1, -0.05) is 6.92 Å². The molecule has 1 atom stereocenters. The van der Waals surface area contributed by atoms with Crippen LogP contribution in [0.2, 0.25) is 0 Å². The van der Waals surface area contributed by atoms with E-state index in [1.54, 1.807) is 13.8 Å². The van der Waals surface area contributed by atoms with E-state index in [9.17, 15) is 22.8 Å². The molecule has 0 aliphatic carbocycles. The van der Waals surface area contributed by atoms with Crippen LogP contribution >= 0.6 is 0 Å². The lowest BCUT2D eigenvalue weighted by atomic mass is 9.97. The third-order valence-corrected chi connectivity index (χ3v) is 3.51. The van der Waals surface area contributed by atoms with Gasteiger partial charge in [0.25, 0.3) is 0 Å². The van der Waals surface area contributed by atoms with E-state index >= 15 is 0 Å². The van der Waals surface area contributed by atoms with Gasteiger partial charge in [0.2, 0.25) is 0 Å². The van der Waals surface area contributed by atoms with Crippen LogP contribution in [-0.2, 0) is 14.3 Å². The highest BCUT2D eigenvalue weighted by atomic mass is 19.4. The minimum atomic E-state index is -4.89. The number of alkyl halides is 3. The second-order valence-electron chi connectivity index (χ2n) is 5.62. The number of carbonyl (C=O) groups is 2. The summed E-state index contributed by atoms with van der Waals surface area (Å²) in [6, 6.07) is 0. The molecule has 0 spiro atoms. The van der Waals surface area contributed by atoms with Crippen molar-refractivity contribution in [2.24, 2.45) is 5.92 Å². The maximum Gasteiger partial charge on any atom is 0.471 e. The summed E-state index contributed by atoms with van der Waals surface area (Å²) < 4.78 is 42.4. The van der Waals surface area contributed by atoms with Crippen LogP contribution in [0.15, 0.2) is 0 Å². The van der Waals surface area contributed by atoms with Crippen molar-refractivity contribution in [3.8, 4) is 0 Å². The third-order valence-electron chi connectivity index (χ3n) is 3.51. The number of piperidine rings is 1. The maximum absolute atomic E-state index is 12.4. The highest BCUT2D eigenvalue weighted by Gasteiger charge is 2.44. The fraction of sp³-hybridized carbons (Fsp3) is 0.846. The molecule has 1 rings (SSSR count). The zero-order chi connectivity index (χ0) is 15.6. The summed E-state index contributed by atoms with van der Waals surface area (Å²) in [4.78, 5) is 23.8. The van der Waals surface area contributed by atoms with Crippen LogP contribution in [0.5, 0.6) is 0 Å². The van der Waals surface area contributed by atoms with Crippen LogP contribution < -0.4 is 0 Å². The summed E-state index contributed by atoms with van der Waals surface area (Å²) in [7, 11) is 0. The number of amides is 1. The first-order valence-corrected chi connectivity index (χ1v) is 6.66. The average Bonchev–Trinajstić information content (AvgIpc) is 2.36. The highest BCUT2D eigenvalue weighted by Crippen LogP contribution is 2.26. The number of likely N-dealkylation sites (tertiary alicyclic amines) is 1. The van der Waals surface area contributed by atoms with Crippen molar-refractivity contribution in [3.05, 3.63) is 0 Å². The molecule has 1 aliphatic rings. The molecule has 1 heterocycles. The number of rotatable bonds is 3. The highest BCUT2D eigenvalue weighted by molar-refractivity contribution is 5.83. The average molecular weight is 295 g/mol. The van der Waals surface area contributed by atoms with Gasteiger partial charge in [0.15, 0.2) is 0 Å². The Morgan fingerprint density at radius 1 is 1.30 bits per heavy atom. The summed E-state index contributed by atoms with van der Waals surface area (Å²) in [6.07, 6.45) is -3.47. The molecule has 0 unspecified atom stereocenters. The maximum atomic E-state index is 12.4. The second kappa shape index (κ2) is 6.01. The van der Waals surface area contributed by atoms with Crippen LogP contribution in [-0.4, -0.2) is 41.6 Å². The molecule has 0 saturated carbocycles. The summed E-state index contributed by atoms with van der Waals surface area (Å²) in [6.45, 7) is 5.14. The number of carbonyl (C=O) groups excluding carboxylic acids is 2. The van der Waals surface area contributed by atoms with Gasteiger partial charge in [-0.3, -0.25) is 9.59 Å². The van der Waals surface area contributed by atoms with Crippen molar-refractivity contribution >= 4 is 11.9 Å². The van der Waals surface area contributed by atoms with Gasteiger partial charge >= 0.3 is 18.1 Å². The summed E-state index contributed by atoms with van der Waals surface area (Å²) in [5, 5.41) is 0. The van der Waals surface area contributed by atoms with Gasteiger partial charge in [-0.05, 0) is 33.1 Å². The van der Waals surface area contributed by atoms with Gasteiger partial charge in [-0.15, -0.1) is 0 Å². The van der Waals surface area contributed by atoms with Gasteiger partial charge in [-0.25, -0.2) is 0 Å². The molecule has 1 aliphatic heterocycles. The Morgan fingerprint density at radius 2 is 1.90 bits per heavy atom. The van der Waals surface area contributed by atoms with Crippen LogP contribution in [0.4, 0.5) is 13.2 Å². The molecule has 4 nitrogen and oxygen atoms in total. The van der Waals surface area contributed by atoms with Crippen LogP contribution in [0.3, 0.4) is 0 Å². The van der Waals surface area contributed by atoms with E-state index in [2.05, 4.69) is 0 Å². The lowest BCUT2D eigenvalue weighted by molar-refractivity contribution is -0.188. The molecular formula is C13H20F3NO3. The monoisotopic (exact) mass is 295 g/mol. The number of nitrogens with zero attached hydrogens (tertiary/aromatic N) is 1. The van der Waals surface area contributed by atoms with Crippen molar-refractivity contribution in [1.82, 2.24) is 4.90 Å². The molecule has 116 valence electrons. The molecule has 1 amide bonds. The number of halogens is 3. The Balaban J connectivity index is 2.66.